The van der Waals surface area contributed by atoms with Crippen molar-refractivity contribution in [2.75, 3.05) is 5.32 Å². The van der Waals surface area contributed by atoms with Crippen molar-refractivity contribution in [3.63, 3.8) is 0 Å². The minimum Gasteiger partial charge on any atom is -0.480 e. The number of nitrogens with zero attached hydrogens (tertiary/aromatic N) is 8. The summed E-state index contributed by atoms with van der Waals surface area (Å²) in [5, 5.41) is 18.1. The maximum Gasteiger partial charge on any atom is 0.323 e. The molecular formula is C13H11N9O3. The monoisotopic (exact) mass is 341 g/mol. The highest BCUT2D eigenvalue weighted by Crippen LogP contribution is 2.20. The van der Waals surface area contributed by atoms with Crippen LogP contribution in [0, 0.1) is 0 Å². The SMILES string of the molecule is [N-]=[N+]=NCc1cc(N=[N+]=[N-])cc(C(=O)Nc2cn(CC(=O)O)cn2)c1. The quantitative estimate of drug-likeness (QED) is 0.446. The Kier molecular flexibility index (Phi) is 5.56. The Morgan fingerprint density at radius 2 is 2.08 bits per heavy atom. The van der Waals surface area contributed by atoms with Gasteiger partial charge in [-0.3, -0.25) is 9.59 Å². The van der Waals surface area contributed by atoms with Crippen molar-refractivity contribution in [3.05, 3.63) is 62.7 Å². The predicted octanol–water partition coefficient (Wildman–Crippen LogP) is 2.97. The molecule has 0 saturated heterocycles. The van der Waals surface area contributed by atoms with E-state index in [1.165, 1.54) is 35.3 Å². The van der Waals surface area contributed by atoms with Crippen molar-refractivity contribution in [1.29, 1.82) is 0 Å². The Balaban J connectivity index is 2.23. The zero-order valence-corrected chi connectivity index (χ0v) is 12.6. The van der Waals surface area contributed by atoms with Gasteiger partial charge in [0.1, 0.15) is 6.54 Å². The average Bonchev–Trinajstić information content (AvgIpc) is 2.99. The lowest BCUT2D eigenvalue weighted by Gasteiger charge is -2.06. The van der Waals surface area contributed by atoms with Gasteiger partial charge in [0.15, 0.2) is 5.82 Å². The summed E-state index contributed by atoms with van der Waals surface area (Å²) >= 11 is 0. The first-order chi connectivity index (χ1) is 12.0. The summed E-state index contributed by atoms with van der Waals surface area (Å²) < 4.78 is 1.29. The van der Waals surface area contributed by atoms with Gasteiger partial charge < -0.3 is 15.0 Å². The van der Waals surface area contributed by atoms with Gasteiger partial charge in [-0.05, 0) is 34.8 Å². The van der Waals surface area contributed by atoms with E-state index in [1.807, 2.05) is 0 Å². The van der Waals surface area contributed by atoms with E-state index in [0.717, 1.165) is 0 Å². The summed E-state index contributed by atoms with van der Waals surface area (Å²) in [7, 11) is 0. The summed E-state index contributed by atoms with van der Waals surface area (Å²) in [6, 6.07) is 4.34. The lowest BCUT2D eigenvalue weighted by molar-refractivity contribution is -0.137. The van der Waals surface area contributed by atoms with Crippen molar-refractivity contribution in [3.8, 4) is 0 Å². The van der Waals surface area contributed by atoms with Crippen LogP contribution >= 0.6 is 0 Å². The molecule has 0 fully saturated rings. The third kappa shape index (κ3) is 4.99. The van der Waals surface area contributed by atoms with Gasteiger partial charge in [-0.25, -0.2) is 4.98 Å². The summed E-state index contributed by atoms with van der Waals surface area (Å²) in [5.41, 5.74) is 17.8. The number of nitrogens with one attached hydrogen (secondary N) is 1. The lowest BCUT2D eigenvalue weighted by atomic mass is 10.1. The Morgan fingerprint density at radius 1 is 1.28 bits per heavy atom. The standard InChI is InChI=1S/C13H11N9O3/c14-20-17-4-8-1-9(3-10(2-8)19-21-15)13(25)18-11-5-22(7-16-11)6-12(23)24/h1-3,5,7H,4,6H2,(H,18,25)(H,23,24). The molecule has 126 valence electrons. The number of anilines is 1. The molecule has 0 bridgehead atoms. The van der Waals surface area contributed by atoms with Crippen LogP contribution in [0.15, 0.2) is 41.0 Å². The molecule has 0 unspecified atom stereocenters. The number of hydrogen-bond donors (Lipinski definition) is 2. The van der Waals surface area contributed by atoms with Crippen LogP contribution in [0.4, 0.5) is 11.5 Å². The highest BCUT2D eigenvalue weighted by atomic mass is 16.4. The molecular weight excluding hydrogens is 330 g/mol. The van der Waals surface area contributed by atoms with E-state index in [-0.39, 0.29) is 30.2 Å². The molecule has 2 aromatic rings. The number of aliphatic carboxylic acids is 1. The Labute approximate surface area is 140 Å². The van der Waals surface area contributed by atoms with Crippen LogP contribution in [0.3, 0.4) is 0 Å². The molecule has 0 aliphatic carbocycles. The van der Waals surface area contributed by atoms with Gasteiger partial charge in [0.05, 0.1) is 12.9 Å². The summed E-state index contributed by atoms with van der Waals surface area (Å²) in [4.78, 5) is 32.1. The molecule has 0 aliphatic rings. The number of hydrogen-bond acceptors (Lipinski definition) is 5. The third-order valence-electron chi connectivity index (χ3n) is 2.91. The topological polar surface area (TPSA) is 182 Å². The van der Waals surface area contributed by atoms with Gasteiger partial charge in [0.2, 0.25) is 0 Å². The van der Waals surface area contributed by atoms with Crippen LogP contribution in [-0.4, -0.2) is 26.5 Å². The summed E-state index contributed by atoms with van der Waals surface area (Å²) in [5.74, 6) is -1.42. The van der Waals surface area contributed by atoms with Gasteiger partial charge in [-0.15, -0.1) is 0 Å². The first-order valence-electron chi connectivity index (χ1n) is 6.76. The van der Waals surface area contributed by atoms with Crippen molar-refractivity contribution >= 4 is 23.4 Å². The maximum atomic E-state index is 12.3. The van der Waals surface area contributed by atoms with Crippen molar-refractivity contribution in [2.24, 2.45) is 10.2 Å². The van der Waals surface area contributed by atoms with Crippen molar-refractivity contribution in [1.82, 2.24) is 9.55 Å². The molecule has 0 atom stereocenters. The molecule has 1 heterocycles. The number of aromatic nitrogens is 2. The number of imidazole rings is 1. The van der Waals surface area contributed by atoms with Crippen LogP contribution in [0.5, 0.6) is 0 Å². The zero-order valence-electron chi connectivity index (χ0n) is 12.6. The second kappa shape index (κ2) is 8.02. The molecule has 25 heavy (non-hydrogen) atoms. The Hall–Kier alpha value is -4.01. The molecule has 1 amide bonds. The van der Waals surface area contributed by atoms with Crippen LogP contribution in [0.2, 0.25) is 0 Å². The number of benzene rings is 1. The molecule has 12 heteroatoms. The molecule has 0 saturated carbocycles. The van der Waals surface area contributed by atoms with Gasteiger partial charge >= 0.3 is 5.97 Å². The smallest absolute Gasteiger partial charge is 0.323 e. The van der Waals surface area contributed by atoms with E-state index in [4.69, 9.17) is 16.2 Å². The number of rotatable bonds is 7. The first kappa shape index (κ1) is 17.3. The van der Waals surface area contributed by atoms with Gasteiger partial charge in [-0.2, -0.15) is 0 Å². The van der Waals surface area contributed by atoms with Gasteiger partial charge in [-0.1, -0.05) is 10.2 Å². The minimum absolute atomic E-state index is 0.0151. The first-order valence-corrected chi connectivity index (χ1v) is 6.76. The fraction of sp³-hybridized carbons (Fsp3) is 0.154. The van der Waals surface area contributed by atoms with Crippen molar-refractivity contribution in [2.45, 2.75) is 13.1 Å². The Bertz CT molecular complexity index is 907. The second-order valence-corrected chi connectivity index (χ2v) is 4.75. The van der Waals surface area contributed by atoms with Crippen LogP contribution in [-0.2, 0) is 17.9 Å². The van der Waals surface area contributed by atoms with E-state index in [9.17, 15) is 9.59 Å². The normalized spacial score (nSPS) is 9.60. The van der Waals surface area contributed by atoms with Crippen LogP contribution < -0.4 is 5.32 Å². The molecule has 0 aliphatic heterocycles. The Morgan fingerprint density at radius 3 is 2.76 bits per heavy atom. The largest absolute Gasteiger partial charge is 0.480 e. The molecule has 12 nitrogen and oxygen atoms in total. The lowest BCUT2D eigenvalue weighted by Crippen LogP contribution is -2.12. The van der Waals surface area contributed by atoms with E-state index >= 15 is 0 Å². The highest BCUT2D eigenvalue weighted by molar-refractivity contribution is 6.04. The molecule has 1 aromatic heterocycles. The van der Waals surface area contributed by atoms with E-state index in [2.05, 4.69) is 30.4 Å². The fourth-order valence-electron chi connectivity index (χ4n) is 1.97. The number of azide groups is 2. The minimum atomic E-state index is -1.04. The van der Waals surface area contributed by atoms with E-state index in [1.54, 1.807) is 0 Å². The third-order valence-corrected chi connectivity index (χ3v) is 2.91. The maximum absolute atomic E-state index is 12.3. The summed E-state index contributed by atoms with van der Waals surface area (Å²) in [6.07, 6.45) is 2.64. The summed E-state index contributed by atoms with van der Waals surface area (Å²) in [6.45, 7) is -0.301. The zero-order chi connectivity index (χ0) is 18.2. The predicted molar refractivity (Wildman–Crippen MR) is 85.9 cm³/mol. The molecule has 2 rings (SSSR count). The number of amides is 1. The number of carbonyl (C=O) groups is 2. The number of carbonyl (C=O) groups excluding carboxylic acids is 1. The number of carboxylic acid groups (broad SMARTS) is 1. The van der Waals surface area contributed by atoms with Gasteiger partial charge in [0, 0.05) is 27.3 Å². The highest BCUT2D eigenvalue weighted by Gasteiger charge is 2.11. The second-order valence-electron chi connectivity index (χ2n) is 4.75. The number of carboxylic acids is 1. The van der Waals surface area contributed by atoms with E-state index < -0.39 is 11.9 Å². The van der Waals surface area contributed by atoms with Crippen molar-refractivity contribution < 1.29 is 14.7 Å². The molecule has 0 radical (unpaired) electrons. The molecule has 1 aromatic carbocycles. The average molecular weight is 341 g/mol. The van der Waals surface area contributed by atoms with Crippen LogP contribution in [0.25, 0.3) is 20.9 Å². The molecule has 0 spiro atoms. The van der Waals surface area contributed by atoms with Crippen LogP contribution in [0.1, 0.15) is 15.9 Å². The fourth-order valence-corrected chi connectivity index (χ4v) is 1.97. The van der Waals surface area contributed by atoms with Gasteiger partial charge in [0.25, 0.3) is 5.91 Å². The molecule has 2 N–H and O–H groups in total. The van der Waals surface area contributed by atoms with E-state index in [0.29, 0.717) is 5.56 Å².